The zero-order valence-electron chi connectivity index (χ0n) is 18.1. The molecule has 2 aliphatic rings. The number of thiazole rings is 1. The highest BCUT2D eigenvalue weighted by molar-refractivity contribution is 7.89. The van der Waals surface area contributed by atoms with Crippen LogP contribution in [0.1, 0.15) is 29.1 Å². The standard InChI is InChI=1S/C22H27N5O3S2/c1-17-24-20(16-31-17)15-25-8-6-19(7-9-25)22(28)26-10-12-27(13-11-26)32(29,30)21-4-2-18(14-23)3-5-21/h2-5,16,19H,6-13,15H2,1H3. The van der Waals surface area contributed by atoms with Crippen LogP contribution in [-0.4, -0.2) is 72.7 Å². The molecule has 0 N–H and O–H groups in total. The van der Waals surface area contributed by atoms with Gasteiger partial charge in [0, 0.05) is 44.0 Å². The average Bonchev–Trinajstić information content (AvgIpc) is 3.23. The number of sulfonamides is 1. The fraction of sp³-hybridized carbons (Fsp3) is 0.500. The fourth-order valence-corrected chi connectivity index (χ4v) is 6.33. The molecular formula is C22H27N5O3S2. The van der Waals surface area contributed by atoms with Gasteiger partial charge in [-0.3, -0.25) is 9.69 Å². The summed E-state index contributed by atoms with van der Waals surface area (Å²) in [6.07, 6.45) is 1.65. The quantitative estimate of drug-likeness (QED) is 0.659. The number of amides is 1. The van der Waals surface area contributed by atoms with E-state index in [1.165, 1.54) is 28.6 Å². The molecule has 0 bridgehead atoms. The minimum absolute atomic E-state index is 0.00473. The lowest BCUT2D eigenvalue weighted by atomic mass is 9.95. The number of piperazine rings is 1. The van der Waals surface area contributed by atoms with Gasteiger partial charge in [-0.2, -0.15) is 9.57 Å². The molecule has 1 aromatic heterocycles. The summed E-state index contributed by atoms with van der Waals surface area (Å²) in [5.41, 5.74) is 1.52. The van der Waals surface area contributed by atoms with Crippen molar-refractivity contribution >= 4 is 27.3 Å². The number of aryl methyl sites for hydroxylation is 1. The monoisotopic (exact) mass is 473 g/mol. The van der Waals surface area contributed by atoms with Gasteiger partial charge in [0.1, 0.15) is 0 Å². The minimum atomic E-state index is -3.62. The van der Waals surface area contributed by atoms with Gasteiger partial charge < -0.3 is 4.90 Å². The molecule has 10 heteroatoms. The summed E-state index contributed by atoms with van der Waals surface area (Å²) in [6, 6.07) is 7.94. The van der Waals surface area contributed by atoms with Gasteiger partial charge in [0.15, 0.2) is 0 Å². The molecule has 32 heavy (non-hydrogen) atoms. The Morgan fingerprint density at radius 1 is 1.12 bits per heavy atom. The molecule has 0 radical (unpaired) electrons. The number of carbonyl (C=O) groups excluding carboxylic acids is 1. The molecule has 2 aliphatic heterocycles. The SMILES string of the molecule is Cc1nc(CN2CCC(C(=O)N3CCN(S(=O)(=O)c4ccc(C#N)cc4)CC3)CC2)cs1. The molecule has 1 amide bonds. The van der Waals surface area contributed by atoms with Crippen molar-refractivity contribution in [3.05, 3.63) is 45.9 Å². The Balaban J connectivity index is 1.27. The molecule has 3 heterocycles. The number of rotatable bonds is 5. The third-order valence-electron chi connectivity index (χ3n) is 6.16. The van der Waals surface area contributed by atoms with Gasteiger partial charge in [0.05, 0.1) is 27.2 Å². The van der Waals surface area contributed by atoms with Gasteiger partial charge in [-0.05, 0) is 57.1 Å². The number of benzene rings is 1. The lowest BCUT2D eigenvalue weighted by molar-refractivity contribution is -0.138. The second-order valence-electron chi connectivity index (χ2n) is 8.27. The number of hydrogen-bond donors (Lipinski definition) is 0. The molecule has 170 valence electrons. The van der Waals surface area contributed by atoms with Crippen LogP contribution in [-0.2, 0) is 21.4 Å². The third-order valence-corrected chi connectivity index (χ3v) is 8.90. The average molecular weight is 474 g/mol. The maximum atomic E-state index is 13.0. The van der Waals surface area contributed by atoms with E-state index in [1.54, 1.807) is 11.3 Å². The Morgan fingerprint density at radius 2 is 1.78 bits per heavy atom. The van der Waals surface area contributed by atoms with Gasteiger partial charge in [0.2, 0.25) is 15.9 Å². The number of aromatic nitrogens is 1. The Kier molecular flexibility index (Phi) is 6.90. The number of likely N-dealkylation sites (tertiary alicyclic amines) is 1. The summed E-state index contributed by atoms with van der Waals surface area (Å²) in [5, 5.41) is 12.1. The molecule has 8 nitrogen and oxygen atoms in total. The van der Waals surface area contributed by atoms with Gasteiger partial charge in [-0.1, -0.05) is 0 Å². The molecule has 0 atom stereocenters. The zero-order valence-corrected chi connectivity index (χ0v) is 19.7. The molecular weight excluding hydrogens is 446 g/mol. The van der Waals surface area contributed by atoms with E-state index < -0.39 is 10.0 Å². The summed E-state index contributed by atoms with van der Waals surface area (Å²) < 4.78 is 27.2. The Bertz CT molecular complexity index is 1090. The lowest BCUT2D eigenvalue weighted by Crippen LogP contribution is -2.52. The van der Waals surface area contributed by atoms with Crippen molar-refractivity contribution in [2.24, 2.45) is 5.92 Å². The van der Waals surface area contributed by atoms with E-state index in [-0.39, 0.29) is 29.8 Å². The topological polar surface area (TPSA) is 97.6 Å². The van der Waals surface area contributed by atoms with Crippen LogP contribution in [0.5, 0.6) is 0 Å². The summed E-state index contributed by atoms with van der Waals surface area (Å²) in [5.74, 6) is 0.148. The van der Waals surface area contributed by atoms with Crippen molar-refractivity contribution in [3.8, 4) is 6.07 Å². The number of nitrogens with zero attached hydrogens (tertiary/aromatic N) is 5. The number of nitriles is 1. The minimum Gasteiger partial charge on any atom is -0.340 e. The van der Waals surface area contributed by atoms with Crippen molar-refractivity contribution in [2.75, 3.05) is 39.3 Å². The fourth-order valence-electron chi connectivity index (χ4n) is 4.31. The van der Waals surface area contributed by atoms with E-state index in [1.807, 2.05) is 17.9 Å². The molecule has 0 saturated carbocycles. The smallest absolute Gasteiger partial charge is 0.243 e. The summed E-state index contributed by atoms with van der Waals surface area (Å²) >= 11 is 1.66. The van der Waals surface area contributed by atoms with Crippen LogP contribution in [0.2, 0.25) is 0 Å². The van der Waals surface area contributed by atoms with Gasteiger partial charge in [0.25, 0.3) is 0 Å². The number of piperidine rings is 1. The summed E-state index contributed by atoms with van der Waals surface area (Å²) in [6.45, 7) is 5.98. The van der Waals surface area contributed by atoms with E-state index in [0.717, 1.165) is 43.2 Å². The number of carbonyl (C=O) groups is 1. The van der Waals surface area contributed by atoms with Crippen LogP contribution in [0.4, 0.5) is 0 Å². The molecule has 0 spiro atoms. The van der Waals surface area contributed by atoms with Crippen LogP contribution in [0, 0.1) is 24.2 Å². The number of hydrogen-bond acceptors (Lipinski definition) is 7. The normalized spacial score (nSPS) is 19.1. The molecule has 2 fully saturated rings. The van der Waals surface area contributed by atoms with E-state index in [0.29, 0.717) is 18.7 Å². The van der Waals surface area contributed by atoms with Crippen LogP contribution in [0.25, 0.3) is 0 Å². The van der Waals surface area contributed by atoms with Gasteiger partial charge in [-0.25, -0.2) is 13.4 Å². The predicted octanol–water partition coefficient (Wildman–Crippen LogP) is 2.07. The van der Waals surface area contributed by atoms with Crippen LogP contribution >= 0.6 is 11.3 Å². The van der Waals surface area contributed by atoms with E-state index in [2.05, 4.69) is 15.3 Å². The van der Waals surface area contributed by atoms with Crippen molar-refractivity contribution in [2.45, 2.75) is 31.2 Å². The summed E-state index contributed by atoms with van der Waals surface area (Å²) in [4.78, 5) is 21.9. The van der Waals surface area contributed by atoms with Crippen molar-refractivity contribution < 1.29 is 13.2 Å². The van der Waals surface area contributed by atoms with E-state index in [9.17, 15) is 13.2 Å². The van der Waals surface area contributed by atoms with Gasteiger partial charge in [-0.15, -0.1) is 11.3 Å². The maximum Gasteiger partial charge on any atom is 0.243 e. The first-order valence-corrected chi connectivity index (χ1v) is 13.1. The van der Waals surface area contributed by atoms with Gasteiger partial charge >= 0.3 is 0 Å². The predicted molar refractivity (Wildman–Crippen MR) is 121 cm³/mol. The largest absolute Gasteiger partial charge is 0.340 e. The van der Waals surface area contributed by atoms with Crippen LogP contribution < -0.4 is 0 Å². The summed E-state index contributed by atoms with van der Waals surface area (Å²) in [7, 11) is -3.62. The van der Waals surface area contributed by atoms with E-state index >= 15 is 0 Å². The van der Waals surface area contributed by atoms with Crippen LogP contribution in [0.3, 0.4) is 0 Å². The second-order valence-corrected chi connectivity index (χ2v) is 11.3. The molecule has 0 aliphatic carbocycles. The maximum absolute atomic E-state index is 13.0. The second kappa shape index (κ2) is 9.67. The Hall–Kier alpha value is -2.32. The highest BCUT2D eigenvalue weighted by atomic mass is 32.2. The van der Waals surface area contributed by atoms with Crippen molar-refractivity contribution in [1.29, 1.82) is 5.26 Å². The highest BCUT2D eigenvalue weighted by Crippen LogP contribution is 2.24. The molecule has 4 rings (SSSR count). The molecule has 1 aromatic carbocycles. The van der Waals surface area contributed by atoms with Crippen LogP contribution in [0.15, 0.2) is 34.5 Å². The third kappa shape index (κ3) is 5.02. The first kappa shape index (κ1) is 22.9. The zero-order chi connectivity index (χ0) is 22.7. The first-order valence-electron chi connectivity index (χ1n) is 10.8. The molecule has 2 aromatic rings. The first-order chi connectivity index (χ1) is 15.4. The Labute approximate surface area is 193 Å². The molecule has 2 saturated heterocycles. The van der Waals surface area contributed by atoms with E-state index in [4.69, 9.17) is 5.26 Å². The molecule has 0 unspecified atom stereocenters. The van der Waals surface area contributed by atoms with Crippen molar-refractivity contribution in [1.82, 2.24) is 19.1 Å². The Morgan fingerprint density at radius 3 is 2.34 bits per heavy atom. The lowest BCUT2D eigenvalue weighted by Gasteiger charge is -2.38. The highest BCUT2D eigenvalue weighted by Gasteiger charge is 2.33. The van der Waals surface area contributed by atoms with Crippen molar-refractivity contribution in [3.63, 3.8) is 0 Å².